The minimum absolute atomic E-state index is 0.00457. The second kappa shape index (κ2) is 5.28. The molecular weight excluding hydrogens is 267 g/mol. The molecule has 2 aromatic rings. The van der Waals surface area contributed by atoms with Crippen LogP contribution in [-0.2, 0) is 0 Å². The minimum Gasteiger partial charge on any atom is -0.367 e. The number of nitrogens with zero attached hydrogens (tertiary/aromatic N) is 1. The van der Waals surface area contributed by atoms with E-state index in [4.69, 9.17) is 0 Å². The van der Waals surface area contributed by atoms with Crippen molar-refractivity contribution in [1.29, 1.82) is 0 Å². The predicted molar refractivity (Wildman–Crippen MR) is 71.1 cm³/mol. The van der Waals surface area contributed by atoms with E-state index in [1.807, 2.05) is 0 Å². The molecule has 1 aliphatic heterocycles. The number of halogens is 3. The second-order valence-electron chi connectivity index (χ2n) is 4.91. The zero-order valence-electron chi connectivity index (χ0n) is 10.7. The van der Waals surface area contributed by atoms with Crippen LogP contribution in [0.15, 0.2) is 18.3 Å². The van der Waals surface area contributed by atoms with Crippen LogP contribution in [0.1, 0.15) is 12.8 Å². The highest BCUT2D eigenvalue weighted by Crippen LogP contribution is 2.28. The zero-order valence-corrected chi connectivity index (χ0v) is 10.7. The van der Waals surface area contributed by atoms with E-state index in [1.165, 1.54) is 12.3 Å². The van der Waals surface area contributed by atoms with Gasteiger partial charge in [0.15, 0.2) is 17.5 Å². The molecule has 106 valence electrons. The summed E-state index contributed by atoms with van der Waals surface area (Å²) in [6, 6.07) is 2.61. The first kappa shape index (κ1) is 13.2. The van der Waals surface area contributed by atoms with Gasteiger partial charge in [0, 0.05) is 12.2 Å². The van der Waals surface area contributed by atoms with Crippen molar-refractivity contribution in [3.63, 3.8) is 0 Å². The van der Waals surface area contributed by atoms with Gasteiger partial charge in [0.05, 0.1) is 5.39 Å². The summed E-state index contributed by atoms with van der Waals surface area (Å²) in [5.74, 6) is -3.57. The van der Waals surface area contributed by atoms with Crippen LogP contribution >= 0.6 is 0 Å². The zero-order chi connectivity index (χ0) is 14.1. The van der Waals surface area contributed by atoms with Crippen LogP contribution in [0, 0.1) is 17.5 Å². The highest BCUT2D eigenvalue weighted by molar-refractivity contribution is 5.92. The summed E-state index contributed by atoms with van der Waals surface area (Å²) in [5.41, 5.74) is 0. The van der Waals surface area contributed by atoms with Gasteiger partial charge in [-0.25, -0.2) is 18.2 Å². The van der Waals surface area contributed by atoms with Crippen LogP contribution in [0.2, 0.25) is 0 Å². The van der Waals surface area contributed by atoms with E-state index in [0.717, 1.165) is 32.0 Å². The maximum absolute atomic E-state index is 14.0. The number of rotatable bonds is 2. The Balaban J connectivity index is 2.04. The standard InChI is InChI=1S/C14H14F3N3/c15-10-7-8-1-6-19-14(11(8)13(17)12(10)16)20-9-2-4-18-5-3-9/h1,6-7,9,18H,2-5H2,(H,19,20). The van der Waals surface area contributed by atoms with Crippen molar-refractivity contribution in [1.82, 2.24) is 10.3 Å². The van der Waals surface area contributed by atoms with E-state index < -0.39 is 17.5 Å². The van der Waals surface area contributed by atoms with Crippen LogP contribution < -0.4 is 10.6 Å². The van der Waals surface area contributed by atoms with Gasteiger partial charge in [0.25, 0.3) is 0 Å². The molecule has 0 bridgehead atoms. The molecule has 0 amide bonds. The molecule has 0 saturated carbocycles. The average molecular weight is 281 g/mol. The van der Waals surface area contributed by atoms with Crippen molar-refractivity contribution in [2.24, 2.45) is 0 Å². The topological polar surface area (TPSA) is 37.0 Å². The summed E-state index contributed by atoms with van der Waals surface area (Å²) in [4.78, 5) is 4.07. The number of nitrogens with one attached hydrogen (secondary N) is 2. The van der Waals surface area contributed by atoms with Gasteiger partial charge in [-0.2, -0.15) is 0 Å². The fraction of sp³-hybridized carbons (Fsp3) is 0.357. The lowest BCUT2D eigenvalue weighted by Gasteiger charge is -2.24. The highest BCUT2D eigenvalue weighted by atomic mass is 19.2. The Kier molecular flexibility index (Phi) is 3.48. The van der Waals surface area contributed by atoms with E-state index in [1.54, 1.807) is 0 Å². The van der Waals surface area contributed by atoms with Crippen molar-refractivity contribution in [3.8, 4) is 0 Å². The van der Waals surface area contributed by atoms with Gasteiger partial charge in [-0.05, 0) is 43.5 Å². The lowest BCUT2D eigenvalue weighted by molar-refractivity contribution is 0.453. The molecule has 0 spiro atoms. The fourth-order valence-corrected chi connectivity index (χ4v) is 2.51. The van der Waals surface area contributed by atoms with Gasteiger partial charge >= 0.3 is 0 Å². The van der Waals surface area contributed by atoms with Crippen LogP contribution in [-0.4, -0.2) is 24.1 Å². The van der Waals surface area contributed by atoms with E-state index in [9.17, 15) is 13.2 Å². The molecule has 0 atom stereocenters. The highest BCUT2D eigenvalue weighted by Gasteiger charge is 2.19. The fourth-order valence-electron chi connectivity index (χ4n) is 2.51. The third-order valence-corrected chi connectivity index (χ3v) is 3.57. The summed E-state index contributed by atoms with van der Waals surface area (Å²) in [6.45, 7) is 1.74. The van der Waals surface area contributed by atoms with Crippen molar-refractivity contribution < 1.29 is 13.2 Å². The summed E-state index contributed by atoms with van der Waals surface area (Å²) < 4.78 is 40.6. The number of hydrogen-bond acceptors (Lipinski definition) is 3. The normalized spacial score (nSPS) is 16.6. The van der Waals surface area contributed by atoms with Gasteiger partial charge in [-0.15, -0.1) is 0 Å². The van der Waals surface area contributed by atoms with E-state index in [2.05, 4.69) is 15.6 Å². The Labute approximate surface area is 114 Å². The number of aromatic nitrogens is 1. The number of benzene rings is 1. The van der Waals surface area contributed by atoms with Crippen LogP contribution in [0.5, 0.6) is 0 Å². The number of anilines is 1. The van der Waals surface area contributed by atoms with E-state index in [0.29, 0.717) is 5.39 Å². The molecule has 3 nitrogen and oxygen atoms in total. The first-order valence-corrected chi connectivity index (χ1v) is 6.56. The molecular formula is C14H14F3N3. The van der Waals surface area contributed by atoms with Gasteiger partial charge in [0.1, 0.15) is 5.82 Å². The quantitative estimate of drug-likeness (QED) is 0.831. The number of pyridine rings is 1. The molecule has 0 radical (unpaired) electrons. The van der Waals surface area contributed by atoms with Crippen molar-refractivity contribution in [3.05, 3.63) is 35.8 Å². The Morgan fingerprint density at radius 1 is 1.15 bits per heavy atom. The molecule has 2 N–H and O–H groups in total. The van der Waals surface area contributed by atoms with E-state index in [-0.39, 0.29) is 17.2 Å². The van der Waals surface area contributed by atoms with Gasteiger partial charge < -0.3 is 10.6 Å². The summed E-state index contributed by atoms with van der Waals surface area (Å²) in [7, 11) is 0. The molecule has 2 heterocycles. The molecule has 0 aliphatic carbocycles. The van der Waals surface area contributed by atoms with Crippen LogP contribution in [0.3, 0.4) is 0 Å². The Hall–Kier alpha value is -1.82. The SMILES string of the molecule is Fc1cc2ccnc(NC3CCNCC3)c2c(F)c1F. The molecule has 1 aliphatic rings. The summed E-state index contributed by atoms with van der Waals surface area (Å²) >= 11 is 0. The first-order chi connectivity index (χ1) is 9.66. The number of hydrogen-bond donors (Lipinski definition) is 2. The number of fused-ring (bicyclic) bond motifs is 1. The van der Waals surface area contributed by atoms with Gasteiger partial charge in [-0.3, -0.25) is 0 Å². The van der Waals surface area contributed by atoms with Crippen molar-refractivity contribution in [2.45, 2.75) is 18.9 Å². The minimum atomic E-state index is -1.46. The van der Waals surface area contributed by atoms with E-state index >= 15 is 0 Å². The summed E-state index contributed by atoms with van der Waals surface area (Å²) in [5, 5.41) is 6.66. The molecule has 3 rings (SSSR count). The first-order valence-electron chi connectivity index (χ1n) is 6.56. The number of piperidine rings is 1. The van der Waals surface area contributed by atoms with Gasteiger partial charge in [0.2, 0.25) is 0 Å². The van der Waals surface area contributed by atoms with Crippen molar-refractivity contribution >= 4 is 16.6 Å². The molecule has 0 unspecified atom stereocenters. The molecule has 1 fully saturated rings. The Bertz CT molecular complexity index is 639. The van der Waals surface area contributed by atoms with Crippen LogP contribution in [0.25, 0.3) is 10.8 Å². The molecule has 6 heteroatoms. The second-order valence-corrected chi connectivity index (χ2v) is 4.91. The third kappa shape index (κ3) is 2.31. The lowest BCUT2D eigenvalue weighted by Crippen LogP contribution is -2.35. The monoisotopic (exact) mass is 281 g/mol. The molecule has 1 aromatic carbocycles. The summed E-state index contributed by atoms with van der Waals surface area (Å²) in [6.07, 6.45) is 3.22. The Morgan fingerprint density at radius 2 is 1.90 bits per heavy atom. The third-order valence-electron chi connectivity index (χ3n) is 3.57. The Morgan fingerprint density at radius 3 is 2.65 bits per heavy atom. The van der Waals surface area contributed by atoms with Crippen molar-refractivity contribution in [2.75, 3.05) is 18.4 Å². The maximum atomic E-state index is 14.0. The molecule has 1 saturated heterocycles. The predicted octanol–water partition coefficient (Wildman–Crippen LogP) is 2.82. The average Bonchev–Trinajstić information content (AvgIpc) is 2.46. The lowest BCUT2D eigenvalue weighted by atomic mass is 10.1. The maximum Gasteiger partial charge on any atom is 0.195 e. The largest absolute Gasteiger partial charge is 0.367 e. The van der Waals surface area contributed by atoms with Crippen LogP contribution in [0.4, 0.5) is 19.0 Å². The molecule has 20 heavy (non-hydrogen) atoms. The molecule has 1 aromatic heterocycles. The smallest absolute Gasteiger partial charge is 0.195 e. The van der Waals surface area contributed by atoms with Gasteiger partial charge in [-0.1, -0.05) is 0 Å².